The number of likely N-dealkylation sites (N-methyl/N-ethyl adjacent to an activating group) is 1. The van der Waals surface area contributed by atoms with Gasteiger partial charge >= 0.3 is 0 Å². The summed E-state index contributed by atoms with van der Waals surface area (Å²) in [6.45, 7) is 4.29. The molecule has 2 aromatic rings. The molecule has 3 aliphatic carbocycles. The number of hydrogen-bond acceptors (Lipinski definition) is 11. The maximum Gasteiger partial charge on any atom is 0.255 e. The zero-order valence-electron chi connectivity index (χ0n) is 26.1. The molecule has 1 saturated heterocycles. The number of aliphatic hydroxyl groups is 4. The normalized spacial score (nSPS) is 29.6. The molecule has 0 saturated carbocycles. The average molecular weight is 634 g/mol. The van der Waals surface area contributed by atoms with Gasteiger partial charge in [0.25, 0.3) is 5.91 Å². The number of phenolic OH excluding ortho intramolecular Hbond substituents is 1. The van der Waals surface area contributed by atoms with Gasteiger partial charge in [0.1, 0.15) is 28.6 Å². The van der Waals surface area contributed by atoms with Gasteiger partial charge in [0.2, 0.25) is 5.78 Å². The molecule has 7 N–H and O–H groups in total. The summed E-state index contributed by atoms with van der Waals surface area (Å²) in [5, 5.41) is 58.0. The van der Waals surface area contributed by atoms with Crippen LogP contribution in [0.3, 0.4) is 0 Å². The molecule has 1 heterocycles. The second-order valence-electron chi connectivity index (χ2n) is 13.0. The summed E-state index contributed by atoms with van der Waals surface area (Å²) in [7, 11) is 4.59. The van der Waals surface area contributed by atoms with Crippen LogP contribution in [0.5, 0.6) is 11.5 Å². The Morgan fingerprint density at radius 2 is 1.78 bits per heavy atom. The number of amides is 1. The van der Waals surface area contributed by atoms with Gasteiger partial charge in [-0.25, -0.2) is 0 Å². The van der Waals surface area contributed by atoms with E-state index in [-0.39, 0.29) is 11.3 Å². The first-order valence-corrected chi connectivity index (χ1v) is 15.3. The van der Waals surface area contributed by atoms with Crippen LogP contribution in [-0.4, -0.2) is 105 Å². The van der Waals surface area contributed by atoms with Crippen LogP contribution in [0.15, 0.2) is 53.0 Å². The first-order valence-electron chi connectivity index (χ1n) is 15.3. The fraction of sp³-hybridized carbons (Fsp3) is 0.441. The Morgan fingerprint density at radius 3 is 2.39 bits per heavy atom. The van der Waals surface area contributed by atoms with E-state index in [1.165, 1.54) is 19.0 Å². The third kappa shape index (κ3) is 4.38. The minimum absolute atomic E-state index is 0.130. The summed E-state index contributed by atoms with van der Waals surface area (Å²) >= 11 is 0. The predicted octanol–water partition coefficient (Wildman–Crippen LogP) is 1.92. The molecule has 12 heteroatoms. The molecule has 4 aliphatic rings. The Labute approximate surface area is 266 Å². The molecule has 0 bridgehead atoms. The number of aromatic hydroxyl groups is 1. The number of ether oxygens (including phenoxy) is 1. The van der Waals surface area contributed by atoms with Gasteiger partial charge in [0.15, 0.2) is 11.4 Å². The van der Waals surface area contributed by atoms with Crippen molar-refractivity contribution in [2.45, 2.75) is 50.0 Å². The smallest absolute Gasteiger partial charge is 0.255 e. The summed E-state index contributed by atoms with van der Waals surface area (Å²) < 4.78 is 5.59. The summed E-state index contributed by atoms with van der Waals surface area (Å²) in [5.41, 5.74) is 3.23. The Morgan fingerprint density at radius 1 is 1.11 bits per heavy atom. The Hall–Kier alpha value is -4.23. The van der Waals surface area contributed by atoms with Crippen LogP contribution >= 0.6 is 0 Å². The second-order valence-corrected chi connectivity index (χ2v) is 13.0. The molecule has 244 valence electrons. The van der Waals surface area contributed by atoms with Crippen LogP contribution in [0.2, 0.25) is 0 Å². The first kappa shape index (κ1) is 31.7. The van der Waals surface area contributed by atoms with Crippen molar-refractivity contribution in [3.63, 3.8) is 0 Å². The van der Waals surface area contributed by atoms with Crippen molar-refractivity contribution in [1.29, 1.82) is 0 Å². The molecule has 1 aliphatic heterocycles. The predicted molar refractivity (Wildman–Crippen MR) is 166 cm³/mol. The van der Waals surface area contributed by atoms with Gasteiger partial charge in [-0.1, -0.05) is 25.1 Å². The molecule has 0 radical (unpaired) electrons. The number of fused-ring (bicyclic) bond motifs is 3. The number of hydrogen-bond donors (Lipinski definition) is 6. The number of likely N-dealkylation sites (tertiary alicyclic amines) is 1. The summed E-state index contributed by atoms with van der Waals surface area (Å²) in [6, 6.07) is 7.55. The first-order chi connectivity index (χ1) is 21.7. The van der Waals surface area contributed by atoms with E-state index in [1.807, 2.05) is 6.07 Å². The maximum atomic E-state index is 14.3. The van der Waals surface area contributed by atoms with Crippen molar-refractivity contribution < 1.29 is 44.7 Å². The van der Waals surface area contributed by atoms with Gasteiger partial charge in [0.05, 0.1) is 30.7 Å². The molecular formula is C34H39N3O9. The monoisotopic (exact) mass is 633 g/mol. The number of phenols is 1. The number of Topliss-reactive ketones (excluding diaryl/α,β-unsaturated/α-hetero) is 2. The van der Waals surface area contributed by atoms with Gasteiger partial charge in [0, 0.05) is 29.2 Å². The standard InChI is InChI=1S/C34H39N3O9/c1-15-18-8-9-19(16-7-10-20(46-4)17(13-16)14-37-11-5-6-12-37)27(38)22(18)28(39)23-21(15)29(40)25-26(36(2)3)30(41)24(33(35)44)32(43)34(25,45)31(23)42/h7-10,13,15,21,25-26,29,38,40-42,45H,5-6,11-12,14H2,1-4H3,(H2,35,44)/t15-,21+,25+,26-,29-,34-/m1/s1. The van der Waals surface area contributed by atoms with Crippen molar-refractivity contribution in [2.75, 3.05) is 34.3 Å². The number of ketones is 2. The molecule has 6 rings (SSSR count). The zero-order chi connectivity index (χ0) is 33.4. The van der Waals surface area contributed by atoms with E-state index < -0.39 is 75.6 Å². The van der Waals surface area contributed by atoms with Crippen LogP contribution in [0.4, 0.5) is 0 Å². The third-order valence-electron chi connectivity index (χ3n) is 10.3. The highest BCUT2D eigenvalue weighted by Gasteiger charge is 2.67. The van der Waals surface area contributed by atoms with E-state index >= 15 is 0 Å². The fourth-order valence-electron chi connectivity index (χ4n) is 8.11. The lowest BCUT2D eigenvalue weighted by Crippen LogP contribution is -2.68. The quantitative estimate of drug-likeness (QED) is 0.255. The summed E-state index contributed by atoms with van der Waals surface area (Å²) in [4.78, 5) is 43.9. The van der Waals surface area contributed by atoms with E-state index in [0.717, 1.165) is 31.5 Å². The number of carbonyl (C=O) groups is 3. The second kappa shape index (κ2) is 11.2. The topological polar surface area (TPSA) is 194 Å². The molecular weight excluding hydrogens is 594 g/mol. The number of benzene rings is 2. The van der Waals surface area contributed by atoms with E-state index in [9.17, 15) is 39.9 Å². The number of methoxy groups -OCH3 is 1. The van der Waals surface area contributed by atoms with Gasteiger partial charge in [-0.3, -0.25) is 24.2 Å². The van der Waals surface area contributed by atoms with Gasteiger partial charge < -0.3 is 36.0 Å². The molecule has 6 atom stereocenters. The zero-order valence-corrected chi connectivity index (χ0v) is 26.1. The molecule has 0 unspecified atom stereocenters. The van der Waals surface area contributed by atoms with Crippen LogP contribution in [0.25, 0.3) is 11.1 Å². The molecule has 2 aromatic carbocycles. The van der Waals surface area contributed by atoms with E-state index in [0.29, 0.717) is 29.0 Å². The number of primary amides is 1. The Bertz CT molecular complexity index is 1720. The van der Waals surface area contributed by atoms with Crippen molar-refractivity contribution in [3.8, 4) is 22.6 Å². The minimum atomic E-state index is -2.96. The largest absolute Gasteiger partial charge is 0.510 e. The average Bonchev–Trinajstić information content (AvgIpc) is 3.52. The molecule has 0 spiro atoms. The third-order valence-corrected chi connectivity index (χ3v) is 10.3. The molecule has 1 amide bonds. The Balaban J connectivity index is 1.50. The van der Waals surface area contributed by atoms with Crippen LogP contribution in [0.1, 0.15) is 47.2 Å². The van der Waals surface area contributed by atoms with Crippen LogP contribution < -0.4 is 10.5 Å². The van der Waals surface area contributed by atoms with Crippen LogP contribution in [-0.2, 0) is 16.1 Å². The highest BCUT2D eigenvalue weighted by molar-refractivity contribution is 6.25. The van der Waals surface area contributed by atoms with E-state index in [2.05, 4.69) is 4.90 Å². The molecule has 1 fully saturated rings. The number of rotatable bonds is 6. The molecule has 12 nitrogen and oxygen atoms in total. The SMILES string of the molecule is COc1ccc(-c2ccc3c(c2O)C(=O)C2=C(O)[C@@]4(O)C(=O)C(C(N)=O)=C(O)[C@H](N(C)C)[C@H]4[C@H](O)[C@H]2[C@@H]3C)cc1CN1CCCC1. The van der Waals surface area contributed by atoms with Crippen molar-refractivity contribution in [3.05, 3.63) is 69.7 Å². The summed E-state index contributed by atoms with van der Waals surface area (Å²) in [5.74, 6) is -8.46. The number of aliphatic hydroxyl groups excluding tert-OH is 3. The lowest BCUT2D eigenvalue weighted by Gasteiger charge is -2.53. The van der Waals surface area contributed by atoms with E-state index in [4.69, 9.17) is 10.5 Å². The fourth-order valence-corrected chi connectivity index (χ4v) is 8.11. The van der Waals surface area contributed by atoms with Gasteiger partial charge in [-0.05, 0) is 69.2 Å². The van der Waals surface area contributed by atoms with Gasteiger partial charge in [-0.2, -0.15) is 0 Å². The number of nitrogens with two attached hydrogens (primary N) is 1. The summed E-state index contributed by atoms with van der Waals surface area (Å²) in [6.07, 6.45) is 0.586. The molecule has 46 heavy (non-hydrogen) atoms. The van der Waals surface area contributed by atoms with Crippen molar-refractivity contribution in [2.24, 2.45) is 17.6 Å². The number of carbonyl (C=O) groups excluding carboxylic acids is 3. The van der Waals surface area contributed by atoms with Crippen molar-refractivity contribution >= 4 is 17.5 Å². The Kier molecular flexibility index (Phi) is 7.75. The number of nitrogens with zero attached hydrogens (tertiary/aromatic N) is 2. The lowest BCUT2D eigenvalue weighted by atomic mass is 9.55. The maximum absolute atomic E-state index is 14.3. The highest BCUT2D eigenvalue weighted by atomic mass is 16.5. The highest BCUT2D eigenvalue weighted by Crippen LogP contribution is 2.56. The molecule has 0 aromatic heterocycles. The lowest BCUT2D eigenvalue weighted by molar-refractivity contribution is -0.162. The van der Waals surface area contributed by atoms with Gasteiger partial charge in [-0.15, -0.1) is 0 Å². The van der Waals surface area contributed by atoms with Crippen molar-refractivity contribution in [1.82, 2.24) is 9.80 Å². The van der Waals surface area contributed by atoms with E-state index in [1.54, 1.807) is 38.3 Å². The minimum Gasteiger partial charge on any atom is -0.510 e. The van der Waals surface area contributed by atoms with Crippen LogP contribution in [0, 0.1) is 11.8 Å².